The molecule has 1 aliphatic heterocycles. The average molecular weight is 283 g/mol. The van der Waals surface area contributed by atoms with Crippen molar-refractivity contribution >= 4 is 27.3 Å². The van der Waals surface area contributed by atoms with Gasteiger partial charge in [-0.2, -0.15) is 0 Å². The summed E-state index contributed by atoms with van der Waals surface area (Å²) in [4.78, 5) is 11.7. The van der Waals surface area contributed by atoms with Gasteiger partial charge < -0.3 is 10.6 Å². The van der Waals surface area contributed by atoms with Gasteiger partial charge in [-0.1, -0.05) is 0 Å². The molecule has 1 heterocycles. The molecule has 3 N–H and O–H groups in total. The molecule has 0 aliphatic carbocycles. The van der Waals surface area contributed by atoms with Crippen molar-refractivity contribution < 1.29 is 13.2 Å². The number of carbonyl (C=O) groups excluding carboxylic acids is 1. The van der Waals surface area contributed by atoms with Crippen LogP contribution in [0.4, 0.5) is 11.4 Å². The smallest absolute Gasteiger partial charge is 0.232 e. The third kappa shape index (κ3) is 3.68. The number of hydrogen-bond acceptors (Lipinski definition) is 4. The minimum Gasteiger partial charge on any atom is -0.326 e. The topological polar surface area (TPSA) is 87.3 Å². The molecule has 0 bridgehead atoms. The van der Waals surface area contributed by atoms with E-state index in [1.807, 2.05) is 0 Å². The second kappa shape index (κ2) is 5.58. The van der Waals surface area contributed by atoms with Crippen molar-refractivity contribution in [2.24, 2.45) is 5.92 Å². The second-order valence-electron chi connectivity index (χ2n) is 4.43. The van der Waals surface area contributed by atoms with Gasteiger partial charge in [0.1, 0.15) is 0 Å². The fraction of sp³-hybridized carbons (Fsp3) is 0.417. The van der Waals surface area contributed by atoms with Gasteiger partial charge in [-0.05, 0) is 31.2 Å². The summed E-state index contributed by atoms with van der Waals surface area (Å²) in [6.07, 6.45) is 0. The highest BCUT2D eigenvalue weighted by Crippen LogP contribution is 2.16. The van der Waals surface area contributed by atoms with Gasteiger partial charge in [0.2, 0.25) is 15.9 Å². The number of nitrogens with one attached hydrogen (secondary N) is 3. The van der Waals surface area contributed by atoms with Gasteiger partial charge in [-0.3, -0.25) is 9.52 Å². The molecule has 0 unspecified atom stereocenters. The Morgan fingerprint density at radius 3 is 2.32 bits per heavy atom. The predicted molar refractivity (Wildman–Crippen MR) is 74.5 cm³/mol. The van der Waals surface area contributed by atoms with Crippen molar-refractivity contribution in [3.8, 4) is 0 Å². The second-order valence-corrected chi connectivity index (χ2v) is 6.44. The van der Waals surface area contributed by atoms with Crippen LogP contribution >= 0.6 is 0 Å². The summed E-state index contributed by atoms with van der Waals surface area (Å²) < 4.78 is 25.2. The van der Waals surface area contributed by atoms with Crippen molar-refractivity contribution in [2.45, 2.75) is 6.92 Å². The van der Waals surface area contributed by atoms with Gasteiger partial charge in [-0.25, -0.2) is 8.42 Å². The lowest BCUT2D eigenvalue weighted by Gasteiger charge is -2.25. The van der Waals surface area contributed by atoms with E-state index in [4.69, 9.17) is 0 Å². The van der Waals surface area contributed by atoms with E-state index in [1.54, 1.807) is 31.2 Å². The summed E-state index contributed by atoms with van der Waals surface area (Å²) in [6.45, 7) is 2.99. The van der Waals surface area contributed by atoms with E-state index < -0.39 is 10.0 Å². The fourth-order valence-electron chi connectivity index (χ4n) is 1.59. The molecule has 1 aromatic rings. The molecule has 1 aromatic carbocycles. The van der Waals surface area contributed by atoms with Crippen LogP contribution in [0.2, 0.25) is 0 Å². The van der Waals surface area contributed by atoms with E-state index in [9.17, 15) is 13.2 Å². The zero-order chi connectivity index (χ0) is 13.9. The van der Waals surface area contributed by atoms with Crippen LogP contribution in [0.1, 0.15) is 6.92 Å². The quantitative estimate of drug-likeness (QED) is 0.738. The van der Waals surface area contributed by atoms with Crippen molar-refractivity contribution in [2.75, 3.05) is 28.9 Å². The van der Waals surface area contributed by atoms with Crippen molar-refractivity contribution in [3.63, 3.8) is 0 Å². The van der Waals surface area contributed by atoms with Gasteiger partial charge in [0.15, 0.2) is 0 Å². The maximum Gasteiger partial charge on any atom is 0.232 e. The summed E-state index contributed by atoms with van der Waals surface area (Å²) in [7, 11) is -3.26. The zero-order valence-electron chi connectivity index (χ0n) is 10.6. The zero-order valence-corrected chi connectivity index (χ0v) is 11.5. The van der Waals surface area contributed by atoms with Gasteiger partial charge >= 0.3 is 0 Å². The minimum absolute atomic E-state index is 0.0133. The third-order valence-corrected chi connectivity index (χ3v) is 4.26. The molecule has 1 saturated heterocycles. The highest BCUT2D eigenvalue weighted by Gasteiger charge is 2.24. The first-order valence-corrected chi connectivity index (χ1v) is 7.77. The molecule has 1 aliphatic rings. The molecular weight excluding hydrogens is 266 g/mol. The monoisotopic (exact) mass is 283 g/mol. The molecule has 0 atom stereocenters. The lowest BCUT2D eigenvalue weighted by atomic mass is 10.0. The summed E-state index contributed by atoms with van der Waals surface area (Å²) in [5.74, 6) is 0.0408. The Kier molecular flexibility index (Phi) is 4.06. The van der Waals surface area contributed by atoms with Crippen molar-refractivity contribution in [1.29, 1.82) is 0 Å². The Labute approximate surface area is 112 Å². The molecule has 0 radical (unpaired) electrons. The Morgan fingerprint density at radius 1 is 1.26 bits per heavy atom. The minimum atomic E-state index is -3.26. The van der Waals surface area contributed by atoms with Crippen LogP contribution in [-0.4, -0.2) is 33.2 Å². The first-order chi connectivity index (χ1) is 9.00. The Hall–Kier alpha value is -1.60. The summed E-state index contributed by atoms with van der Waals surface area (Å²) in [5, 5.41) is 5.82. The number of amides is 1. The summed E-state index contributed by atoms with van der Waals surface area (Å²) in [6, 6.07) is 6.61. The maximum absolute atomic E-state index is 11.7. The molecular formula is C12H17N3O3S. The Morgan fingerprint density at radius 2 is 1.84 bits per heavy atom. The van der Waals surface area contributed by atoms with Crippen LogP contribution in [0.5, 0.6) is 0 Å². The number of rotatable bonds is 5. The van der Waals surface area contributed by atoms with E-state index in [1.165, 1.54) is 0 Å². The largest absolute Gasteiger partial charge is 0.326 e. The van der Waals surface area contributed by atoms with Crippen LogP contribution in [0.15, 0.2) is 24.3 Å². The number of sulfonamides is 1. The Balaban J connectivity index is 1.96. The normalized spacial score (nSPS) is 15.6. The van der Waals surface area contributed by atoms with Crippen LogP contribution in [0.3, 0.4) is 0 Å². The van der Waals surface area contributed by atoms with Crippen LogP contribution < -0.4 is 15.4 Å². The third-order valence-electron chi connectivity index (χ3n) is 2.96. The molecule has 2 rings (SSSR count). The number of carbonyl (C=O) groups is 1. The van der Waals surface area contributed by atoms with E-state index in [-0.39, 0.29) is 17.6 Å². The molecule has 7 heteroatoms. The van der Waals surface area contributed by atoms with Crippen LogP contribution in [-0.2, 0) is 14.8 Å². The lowest BCUT2D eigenvalue weighted by molar-refractivity contribution is -0.121. The van der Waals surface area contributed by atoms with E-state index in [0.29, 0.717) is 24.5 Å². The molecule has 0 spiro atoms. The number of anilines is 2. The SMILES string of the molecule is CCS(=O)(=O)Nc1ccc(NC(=O)C2CNC2)cc1. The molecule has 0 aromatic heterocycles. The molecule has 1 fully saturated rings. The van der Waals surface area contributed by atoms with E-state index in [0.717, 1.165) is 0 Å². The van der Waals surface area contributed by atoms with E-state index in [2.05, 4.69) is 15.4 Å². The molecule has 1 amide bonds. The maximum atomic E-state index is 11.7. The Bertz CT molecular complexity index is 550. The van der Waals surface area contributed by atoms with Gasteiger partial charge in [0.25, 0.3) is 0 Å². The average Bonchev–Trinajstić information content (AvgIpc) is 2.29. The van der Waals surface area contributed by atoms with E-state index >= 15 is 0 Å². The molecule has 19 heavy (non-hydrogen) atoms. The van der Waals surface area contributed by atoms with Crippen molar-refractivity contribution in [1.82, 2.24) is 5.32 Å². The lowest BCUT2D eigenvalue weighted by Crippen LogP contribution is -2.48. The molecule has 104 valence electrons. The standard InChI is InChI=1S/C12H17N3O3S/c1-2-19(17,18)15-11-5-3-10(4-6-11)14-12(16)9-7-13-8-9/h3-6,9,13,15H,2,7-8H2,1H3,(H,14,16). The fourth-order valence-corrected chi connectivity index (χ4v) is 2.23. The first kappa shape index (κ1) is 13.8. The number of benzene rings is 1. The highest BCUT2D eigenvalue weighted by molar-refractivity contribution is 7.92. The highest BCUT2D eigenvalue weighted by atomic mass is 32.2. The molecule has 0 saturated carbocycles. The van der Waals surface area contributed by atoms with Gasteiger partial charge in [0.05, 0.1) is 11.7 Å². The number of hydrogen-bond donors (Lipinski definition) is 3. The van der Waals surface area contributed by atoms with Crippen LogP contribution in [0, 0.1) is 5.92 Å². The van der Waals surface area contributed by atoms with Gasteiger partial charge in [0, 0.05) is 24.5 Å². The van der Waals surface area contributed by atoms with Gasteiger partial charge in [-0.15, -0.1) is 0 Å². The van der Waals surface area contributed by atoms with Crippen LogP contribution in [0.25, 0.3) is 0 Å². The van der Waals surface area contributed by atoms with Crippen molar-refractivity contribution in [3.05, 3.63) is 24.3 Å². The predicted octanol–water partition coefficient (Wildman–Crippen LogP) is 0.606. The summed E-state index contributed by atoms with van der Waals surface area (Å²) in [5.41, 5.74) is 1.15. The first-order valence-electron chi connectivity index (χ1n) is 6.12. The molecule has 6 nitrogen and oxygen atoms in total. The summed E-state index contributed by atoms with van der Waals surface area (Å²) >= 11 is 0.